The second-order valence-corrected chi connectivity index (χ2v) is 8.15. The van der Waals surface area contributed by atoms with Gasteiger partial charge >= 0.3 is 0 Å². The zero-order valence-corrected chi connectivity index (χ0v) is 13.9. The van der Waals surface area contributed by atoms with Crippen molar-refractivity contribution in [3.63, 3.8) is 0 Å². The number of hydrogen-bond acceptors (Lipinski definition) is 2. The van der Waals surface area contributed by atoms with Crippen molar-refractivity contribution in [1.82, 2.24) is 4.98 Å². The van der Waals surface area contributed by atoms with Crippen molar-refractivity contribution in [1.29, 1.82) is 0 Å². The largest absolute Gasteiger partial charge is 0.356 e. The first-order chi connectivity index (χ1) is 9.76. The number of pyridine rings is 1. The number of nitrogens with zero attached hydrogens (tertiary/aromatic N) is 2. The maximum Gasteiger partial charge on any atom is 0.129 e. The van der Waals surface area contributed by atoms with Crippen LogP contribution in [0.1, 0.15) is 46.6 Å². The maximum atomic E-state index is 4.75. The van der Waals surface area contributed by atoms with Gasteiger partial charge in [0.05, 0.1) is 0 Å². The fourth-order valence-electron chi connectivity index (χ4n) is 3.29. The first-order valence-corrected chi connectivity index (χ1v) is 7.91. The average molecular weight is 282 g/mol. The third-order valence-electron chi connectivity index (χ3n) is 4.56. The van der Waals surface area contributed by atoms with E-state index in [4.69, 9.17) is 4.98 Å². The van der Waals surface area contributed by atoms with Gasteiger partial charge in [0.2, 0.25) is 0 Å². The minimum atomic E-state index is 0.151. The SMILES string of the molecule is CC1(C)CCN(c2cc3cccc(C(C)(C)C)c3cn2)C1. The van der Waals surface area contributed by atoms with Crippen LogP contribution in [-0.2, 0) is 5.41 Å². The lowest BCUT2D eigenvalue weighted by atomic mass is 9.84. The van der Waals surface area contributed by atoms with E-state index in [9.17, 15) is 0 Å². The zero-order chi connectivity index (χ0) is 15.3. The van der Waals surface area contributed by atoms with E-state index in [0.717, 1.165) is 18.9 Å². The molecule has 0 amide bonds. The Bertz CT molecular complexity index is 665. The molecule has 1 aliphatic heterocycles. The molecule has 0 spiro atoms. The molecule has 0 radical (unpaired) electrons. The molecule has 2 nitrogen and oxygen atoms in total. The van der Waals surface area contributed by atoms with Gasteiger partial charge in [-0.2, -0.15) is 0 Å². The predicted octanol–water partition coefficient (Wildman–Crippen LogP) is 4.77. The number of anilines is 1. The summed E-state index contributed by atoms with van der Waals surface area (Å²) in [6, 6.07) is 8.85. The van der Waals surface area contributed by atoms with E-state index in [1.165, 1.54) is 22.8 Å². The smallest absolute Gasteiger partial charge is 0.129 e. The molecule has 0 aliphatic carbocycles. The number of hydrogen-bond donors (Lipinski definition) is 0. The molecule has 2 aromatic rings. The van der Waals surface area contributed by atoms with Gasteiger partial charge in [-0.15, -0.1) is 0 Å². The van der Waals surface area contributed by atoms with Crippen LogP contribution in [0.15, 0.2) is 30.5 Å². The zero-order valence-electron chi connectivity index (χ0n) is 13.9. The molecular weight excluding hydrogens is 256 g/mol. The Morgan fingerprint density at radius 3 is 2.57 bits per heavy atom. The van der Waals surface area contributed by atoms with Crippen molar-refractivity contribution in [2.75, 3.05) is 18.0 Å². The van der Waals surface area contributed by atoms with Gasteiger partial charge < -0.3 is 4.90 Å². The second kappa shape index (κ2) is 4.72. The van der Waals surface area contributed by atoms with E-state index < -0.39 is 0 Å². The van der Waals surface area contributed by atoms with Crippen molar-refractivity contribution >= 4 is 16.6 Å². The van der Waals surface area contributed by atoms with Crippen LogP contribution in [0.2, 0.25) is 0 Å². The van der Waals surface area contributed by atoms with Gasteiger partial charge in [0, 0.05) is 24.7 Å². The van der Waals surface area contributed by atoms with Crippen LogP contribution in [-0.4, -0.2) is 18.1 Å². The summed E-state index contributed by atoms with van der Waals surface area (Å²) in [5, 5.41) is 2.59. The molecule has 3 rings (SSSR count). The van der Waals surface area contributed by atoms with E-state index in [0.29, 0.717) is 5.41 Å². The number of rotatable bonds is 1. The topological polar surface area (TPSA) is 16.1 Å². The summed E-state index contributed by atoms with van der Waals surface area (Å²) in [5.74, 6) is 1.12. The van der Waals surface area contributed by atoms with Gasteiger partial charge in [-0.3, -0.25) is 0 Å². The lowest BCUT2D eigenvalue weighted by Crippen LogP contribution is -2.23. The van der Waals surface area contributed by atoms with E-state index in [-0.39, 0.29) is 5.41 Å². The van der Waals surface area contributed by atoms with Crippen LogP contribution in [0.25, 0.3) is 10.8 Å². The van der Waals surface area contributed by atoms with Crippen LogP contribution < -0.4 is 4.90 Å². The fourth-order valence-corrected chi connectivity index (χ4v) is 3.29. The summed E-state index contributed by atoms with van der Waals surface area (Å²) in [4.78, 5) is 7.17. The van der Waals surface area contributed by atoms with Crippen LogP contribution in [0.5, 0.6) is 0 Å². The van der Waals surface area contributed by atoms with Crippen LogP contribution in [0.4, 0.5) is 5.82 Å². The minimum Gasteiger partial charge on any atom is -0.356 e. The Labute approximate surface area is 128 Å². The number of fused-ring (bicyclic) bond motifs is 1. The molecule has 1 aliphatic rings. The lowest BCUT2D eigenvalue weighted by molar-refractivity contribution is 0.418. The van der Waals surface area contributed by atoms with Crippen molar-refractivity contribution < 1.29 is 0 Å². The molecule has 1 fully saturated rings. The summed E-state index contributed by atoms with van der Waals surface area (Å²) in [6.07, 6.45) is 3.31. The molecule has 1 saturated heterocycles. The summed E-state index contributed by atoms with van der Waals surface area (Å²) < 4.78 is 0. The molecule has 2 heterocycles. The Hall–Kier alpha value is -1.57. The molecule has 112 valence electrons. The summed E-state index contributed by atoms with van der Waals surface area (Å²) in [5.41, 5.74) is 1.93. The third-order valence-corrected chi connectivity index (χ3v) is 4.56. The van der Waals surface area contributed by atoms with Crippen LogP contribution in [0.3, 0.4) is 0 Å². The van der Waals surface area contributed by atoms with Gasteiger partial charge in [-0.25, -0.2) is 4.98 Å². The first-order valence-electron chi connectivity index (χ1n) is 7.91. The molecule has 0 bridgehead atoms. The highest BCUT2D eigenvalue weighted by Gasteiger charge is 2.30. The molecule has 0 saturated carbocycles. The summed E-state index contributed by atoms with van der Waals surface area (Å²) >= 11 is 0. The Kier molecular flexibility index (Phi) is 3.23. The maximum absolute atomic E-state index is 4.75. The van der Waals surface area contributed by atoms with E-state index in [2.05, 4.69) is 70.0 Å². The van der Waals surface area contributed by atoms with E-state index in [1.54, 1.807) is 0 Å². The molecular formula is C19H26N2. The van der Waals surface area contributed by atoms with Gasteiger partial charge in [0.25, 0.3) is 0 Å². The van der Waals surface area contributed by atoms with Crippen molar-refractivity contribution in [3.05, 3.63) is 36.0 Å². The summed E-state index contributed by atoms with van der Waals surface area (Å²) in [6.45, 7) is 13.7. The van der Waals surface area contributed by atoms with Crippen LogP contribution >= 0.6 is 0 Å². The Morgan fingerprint density at radius 2 is 1.95 bits per heavy atom. The first kappa shape index (κ1) is 14.4. The lowest BCUT2D eigenvalue weighted by Gasteiger charge is -2.23. The Balaban J connectivity index is 2.02. The third kappa shape index (κ3) is 2.76. The normalized spacial score (nSPS) is 18.4. The molecule has 0 unspecified atom stereocenters. The number of benzene rings is 1. The molecule has 2 heteroatoms. The average Bonchev–Trinajstić information content (AvgIpc) is 2.76. The second-order valence-electron chi connectivity index (χ2n) is 8.15. The van der Waals surface area contributed by atoms with Gasteiger partial charge in [0.1, 0.15) is 5.82 Å². The van der Waals surface area contributed by atoms with Crippen molar-refractivity contribution in [3.8, 4) is 0 Å². The van der Waals surface area contributed by atoms with Crippen molar-refractivity contribution in [2.24, 2.45) is 5.41 Å². The number of aromatic nitrogens is 1. The molecule has 0 atom stereocenters. The predicted molar refractivity (Wildman–Crippen MR) is 91.1 cm³/mol. The van der Waals surface area contributed by atoms with Crippen LogP contribution in [0, 0.1) is 5.41 Å². The highest BCUT2D eigenvalue weighted by molar-refractivity contribution is 5.87. The molecule has 0 N–H and O–H groups in total. The van der Waals surface area contributed by atoms with Gasteiger partial charge in [0.15, 0.2) is 0 Å². The van der Waals surface area contributed by atoms with E-state index in [1.807, 2.05) is 0 Å². The molecule has 1 aromatic carbocycles. The molecule has 1 aromatic heterocycles. The Morgan fingerprint density at radius 1 is 1.19 bits per heavy atom. The fraction of sp³-hybridized carbons (Fsp3) is 0.526. The highest BCUT2D eigenvalue weighted by atomic mass is 15.2. The van der Waals surface area contributed by atoms with Gasteiger partial charge in [-0.05, 0) is 34.3 Å². The molecule has 21 heavy (non-hydrogen) atoms. The quantitative estimate of drug-likeness (QED) is 0.749. The highest BCUT2D eigenvalue weighted by Crippen LogP contribution is 2.34. The summed E-state index contributed by atoms with van der Waals surface area (Å²) in [7, 11) is 0. The van der Waals surface area contributed by atoms with Gasteiger partial charge in [-0.1, -0.05) is 52.8 Å². The standard InChI is InChI=1S/C19H26N2/c1-18(2,3)16-8-6-7-14-11-17(20-12-15(14)16)21-10-9-19(4,5)13-21/h6-8,11-12H,9-10,13H2,1-5H3. The van der Waals surface area contributed by atoms with Crippen molar-refractivity contribution in [2.45, 2.75) is 46.5 Å². The van der Waals surface area contributed by atoms with E-state index >= 15 is 0 Å². The minimum absolute atomic E-state index is 0.151. The monoisotopic (exact) mass is 282 g/mol.